The fraction of sp³-hybridized carbons (Fsp3) is 0.909. The molecule has 6 nitrogen and oxygen atoms in total. The first-order valence-electron chi connectivity index (χ1n) is 32.6. The molecule has 0 saturated heterocycles. The molecule has 0 aromatic heterocycles. The molecule has 0 aliphatic carbocycles. The molecule has 426 valence electrons. The van der Waals surface area contributed by atoms with Gasteiger partial charge in [-0.05, 0) is 57.8 Å². The number of carbonyl (C=O) groups excluding carboxylic acids is 2. The van der Waals surface area contributed by atoms with E-state index in [0.29, 0.717) is 19.4 Å². The second-order valence-electron chi connectivity index (χ2n) is 22.5. The molecule has 0 aromatic carbocycles. The molecule has 2 unspecified atom stereocenters. The molecule has 0 bridgehead atoms. The van der Waals surface area contributed by atoms with Gasteiger partial charge in [-0.1, -0.05) is 314 Å². The summed E-state index contributed by atoms with van der Waals surface area (Å²) in [5, 5.41) is 23.2. The number of ether oxygens (including phenoxy) is 1. The number of esters is 1. The van der Waals surface area contributed by atoms with Gasteiger partial charge in [0.15, 0.2) is 0 Å². The molecular formula is C66H127NO5. The zero-order valence-corrected chi connectivity index (χ0v) is 48.7. The van der Waals surface area contributed by atoms with Gasteiger partial charge in [-0.3, -0.25) is 9.59 Å². The average Bonchev–Trinajstić information content (AvgIpc) is 3.38. The van der Waals surface area contributed by atoms with E-state index < -0.39 is 12.1 Å². The number of hydrogen-bond acceptors (Lipinski definition) is 5. The summed E-state index contributed by atoms with van der Waals surface area (Å²) in [5.41, 5.74) is 0. The summed E-state index contributed by atoms with van der Waals surface area (Å²) in [6, 6.07) is -0.633. The van der Waals surface area contributed by atoms with Crippen molar-refractivity contribution in [2.75, 3.05) is 13.2 Å². The summed E-state index contributed by atoms with van der Waals surface area (Å²) in [7, 11) is 0. The Kier molecular flexibility index (Phi) is 60.5. The van der Waals surface area contributed by atoms with E-state index in [4.69, 9.17) is 4.74 Å². The van der Waals surface area contributed by atoms with E-state index in [0.717, 1.165) is 44.9 Å². The topological polar surface area (TPSA) is 95.9 Å². The summed E-state index contributed by atoms with van der Waals surface area (Å²) in [4.78, 5) is 24.6. The van der Waals surface area contributed by atoms with Crippen LogP contribution in [0.4, 0.5) is 0 Å². The molecule has 1 amide bonds. The quantitative estimate of drug-likeness (QED) is 0.0320. The largest absolute Gasteiger partial charge is 0.466 e. The summed E-state index contributed by atoms with van der Waals surface area (Å²) < 4.78 is 5.48. The van der Waals surface area contributed by atoms with Crippen LogP contribution < -0.4 is 5.32 Å². The van der Waals surface area contributed by atoms with Gasteiger partial charge in [0.25, 0.3) is 0 Å². The van der Waals surface area contributed by atoms with Crippen LogP contribution in [0.1, 0.15) is 361 Å². The highest BCUT2D eigenvalue weighted by atomic mass is 16.5. The van der Waals surface area contributed by atoms with Gasteiger partial charge < -0.3 is 20.3 Å². The zero-order chi connectivity index (χ0) is 52.2. The van der Waals surface area contributed by atoms with Crippen LogP contribution >= 0.6 is 0 Å². The Labute approximate surface area is 450 Å². The fourth-order valence-corrected chi connectivity index (χ4v) is 10.2. The van der Waals surface area contributed by atoms with Crippen LogP contribution in [0.15, 0.2) is 24.3 Å². The Morgan fingerprint density at radius 3 is 0.986 bits per heavy atom. The molecule has 6 heteroatoms. The normalized spacial score (nSPS) is 12.7. The Hall–Kier alpha value is -1.66. The van der Waals surface area contributed by atoms with E-state index in [2.05, 4.69) is 31.3 Å². The predicted octanol–water partition coefficient (Wildman–Crippen LogP) is 20.6. The van der Waals surface area contributed by atoms with Gasteiger partial charge in [0.2, 0.25) is 5.91 Å². The first kappa shape index (κ1) is 70.3. The van der Waals surface area contributed by atoms with Crippen molar-refractivity contribution in [1.29, 1.82) is 0 Å². The highest BCUT2D eigenvalue weighted by molar-refractivity contribution is 5.76. The van der Waals surface area contributed by atoms with Gasteiger partial charge >= 0.3 is 5.97 Å². The first-order valence-corrected chi connectivity index (χ1v) is 32.6. The third-order valence-electron chi connectivity index (χ3n) is 15.2. The van der Waals surface area contributed by atoms with Crippen molar-refractivity contribution in [1.82, 2.24) is 5.32 Å². The van der Waals surface area contributed by atoms with Crippen LogP contribution in [0, 0.1) is 0 Å². The van der Waals surface area contributed by atoms with Crippen LogP contribution in [0.25, 0.3) is 0 Å². The lowest BCUT2D eigenvalue weighted by atomic mass is 10.0. The number of nitrogens with one attached hydrogen (secondary N) is 1. The predicted molar refractivity (Wildman–Crippen MR) is 315 cm³/mol. The van der Waals surface area contributed by atoms with Crippen molar-refractivity contribution in [2.45, 2.75) is 373 Å². The van der Waals surface area contributed by atoms with E-state index in [1.807, 2.05) is 6.08 Å². The maximum atomic E-state index is 12.5. The monoisotopic (exact) mass is 1010 g/mol. The van der Waals surface area contributed by atoms with Crippen molar-refractivity contribution in [2.24, 2.45) is 0 Å². The Morgan fingerprint density at radius 2 is 0.653 bits per heavy atom. The molecule has 72 heavy (non-hydrogen) atoms. The maximum absolute atomic E-state index is 12.5. The Morgan fingerprint density at radius 1 is 0.375 bits per heavy atom. The number of aliphatic hydroxyl groups is 2. The third kappa shape index (κ3) is 57.6. The summed E-state index contributed by atoms with van der Waals surface area (Å²) >= 11 is 0. The first-order chi connectivity index (χ1) is 35.5. The number of aliphatic hydroxyl groups excluding tert-OH is 2. The SMILES string of the molecule is CCCCCCCC/C=C\CCCCCCCC(=O)OCCCCCCCCCCCCCCCCCCCC(=O)NC(CO)C(O)/C=C/CCCCCCCCCCCCCCCCCCCCCCC. The molecule has 0 aliphatic heterocycles. The van der Waals surface area contributed by atoms with Gasteiger partial charge in [0, 0.05) is 12.8 Å². The van der Waals surface area contributed by atoms with Crippen molar-refractivity contribution < 1.29 is 24.5 Å². The molecule has 0 radical (unpaired) electrons. The highest BCUT2D eigenvalue weighted by Crippen LogP contribution is 2.18. The number of amides is 1. The van der Waals surface area contributed by atoms with Crippen molar-refractivity contribution >= 4 is 11.9 Å². The number of rotatable bonds is 61. The zero-order valence-electron chi connectivity index (χ0n) is 48.7. The summed E-state index contributed by atoms with van der Waals surface area (Å²) in [6.45, 7) is 4.91. The molecular weight excluding hydrogens is 887 g/mol. The fourth-order valence-electron chi connectivity index (χ4n) is 10.2. The summed E-state index contributed by atoms with van der Waals surface area (Å²) in [5.74, 6) is -0.0724. The van der Waals surface area contributed by atoms with E-state index in [9.17, 15) is 19.8 Å². The lowest BCUT2D eigenvalue weighted by Gasteiger charge is -2.20. The highest BCUT2D eigenvalue weighted by Gasteiger charge is 2.18. The van der Waals surface area contributed by atoms with Crippen LogP contribution in [-0.4, -0.2) is 47.4 Å². The molecule has 0 heterocycles. The average molecular weight is 1010 g/mol. The van der Waals surface area contributed by atoms with Crippen molar-refractivity contribution in [3.05, 3.63) is 24.3 Å². The van der Waals surface area contributed by atoms with E-state index >= 15 is 0 Å². The number of carbonyl (C=O) groups is 2. The van der Waals surface area contributed by atoms with Crippen molar-refractivity contribution in [3.63, 3.8) is 0 Å². The smallest absolute Gasteiger partial charge is 0.305 e. The molecule has 2 atom stereocenters. The number of allylic oxidation sites excluding steroid dienone is 3. The molecule has 0 saturated carbocycles. The van der Waals surface area contributed by atoms with Crippen LogP contribution in [0.3, 0.4) is 0 Å². The van der Waals surface area contributed by atoms with Gasteiger partial charge in [-0.2, -0.15) is 0 Å². The van der Waals surface area contributed by atoms with Gasteiger partial charge in [-0.25, -0.2) is 0 Å². The summed E-state index contributed by atoms with van der Waals surface area (Å²) in [6.07, 6.45) is 76.5. The minimum Gasteiger partial charge on any atom is -0.466 e. The van der Waals surface area contributed by atoms with Gasteiger partial charge in [0.05, 0.1) is 25.4 Å². The standard InChI is InChI=1S/C66H127NO5/c1-3-5-7-9-11-13-15-17-19-20-21-22-23-24-25-27-31-34-38-42-46-50-54-58-64(69)63(62-68)67-65(70)59-55-51-47-43-39-35-32-28-26-29-33-37-41-45-49-53-57-61-72-66(71)60-56-52-48-44-40-36-30-18-16-14-12-10-8-6-4-2/h18,30,54,58,63-64,68-69H,3-17,19-29,31-53,55-57,59-62H2,1-2H3,(H,67,70)/b30-18-,58-54+. The second-order valence-corrected chi connectivity index (χ2v) is 22.5. The maximum Gasteiger partial charge on any atom is 0.305 e. The number of hydrogen-bond donors (Lipinski definition) is 3. The molecule has 0 fully saturated rings. The van der Waals surface area contributed by atoms with Gasteiger partial charge in [-0.15, -0.1) is 0 Å². The van der Waals surface area contributed by atoms with E-state index in [-0.39, 0.29) is 18.5 Å². The van der Waals surface area contributed by atoms with Crippen LogP contribution in [0.5, 0.6) is 0 Å². The van der Waals surface area contributed by atoms with Crippen LogP contribution in [0.2, 0.25) is 0 Å². The molecule has 0 aliphatic rings. The molecule has 0 rings (SSSR count). The number of unbranched alkanes of at least 4 members (excludes halogenated alkanes) is 48. The Balaban J connectivity index is 3.44. The second kappa shape index (κ2) is 61.9. The minimum atomic E-state index is -0.849. The minimum absolute atomic E-state index is 0.00265. The lowest BCUT2D eigenvalue weighted by molar-refractivity contribution is -0.143. The van der Waals surface area contributed by atoms with E-state index in [1.165, 1.54) is 289 Å². The lowest BCUT2D eigenvalue weighted by Crippen LogP contribution is -2.45. The third-order valence-corrected chi connectivity index (χ3v) is 15.2. The van der Waals surface area contributed by atoms with Crippen molar-refractivity contribution in [3.8, 4) is 0 Å². The Bertz CT molecular complexity index is 1120. The molecule has 0 aromatic rings. The molecule has 0 spiro atoms. The molecule has 3 N–H and O–H groups in total. The van der Waals surface area contributed by atoms with Crippen LogP contribution in [-0.2, 0) is 14.3 Å². The van der Waals surface area contributed by atoms with E-state index in [1.54, 1.807) is 6.08 Å². The van der Waals surface area contributed by atoms with Gasteiger partial charge in [0.1, 0.15) is 0 Å².